The SMILES string of the molecule is CCN1CCC(CNCCOC(F)(F)F)CC1. The molecule has 0 aliphatic carbocycles. The molecule has 0 atom stereocenters. The van der Waals surface area contributed by atoms with Crippen molar-refractivity contribution < 1.29 is 17.9 Å². The summed E-state index contributed by atoms with van der Waals surface area (Å²) < 4.78 is 38.7. The number of alkyl halides is 3. The highest BCUT2D eigenvalue weighted by Gasteiger charge is 2.28. The topological polar surface area (TPSA) is 24.5 Å². The third kappa shape index (κ3) is 6.85. The van der Waals surface area contributed by atoms with E-state index in [9.17, 15) is 13.2 Å². The van der Waals surface area contributed by atoms with Crippen molar-refractivity contribution in [3.63, 3.8) is 0 Å². The molecule has 1 N–H and O–H groups in total. The van der Waals surface area contributed by atoms with Crippen molar-refractivity contribution in [1.82, 2.24) is 10.2 Å². The minimum Gasteiger partial charge on any atom is -0.314 e. The van der Waals surface area contributed by atoms with Gasteiger partial charge in [0.25, 0.3) is 0 Å². The van der Waals surface area contributed by atoms with E-state index in [0.29, 0.717) is 5.92 Å². The maximum absolute atomic E-state index is 11.7. The summed E-state index contributed by atoms with van der Waals surface area (Å²) in [6, 6.07) is 0. The first-order valence-electron chi connectivity index (χ1n) is 6.15. The number of likely N-dealkylation sites (tertiary alicyclic amines) is 1. The Bertz CT molecular complexity index is 203. The monoisotopic (exact) mass is 254 g/mol. The lowest BCUT2D eigenvalue weighted by Gasteiger charge is -2.31. The molecule has 0 unspecified atom stereocenters. The van der Waals surface area contributed by atoms with Crippen LogP contribution in [0.2, 0.25) is 0 Å². The molecule has 1 heterocycles. The van der Waals surface area contributed by atoms with Crippen LogP contribution in [0.3, 0.4) is 0 Å². The van der Waals surface area contributed by atoms with Gasteiger partial charge >= 0.3 is 6.36 Å². The molecule has 0 bridgehead atoms. The lowest BCUT2D eigenvalue weighted by Crippen LogP contribution is -2.37. The summed E-state index contributed by atoms with van der Waals surface area (Å²) in [5.41, 5.74) is 0. The van der Waals surface area contributed by atoms with E-state index >= 15 is 0 Å². The van der Waals surface area contributed by atoms with Gasteiger partial charge in [0.1, 0.15) is 0 Å². The Kier molecular flexibility index (Phi) is 6.22. The van der Waals surface area contributed by atoms with Gasteiger partial charge in [-0.15, -0.1) is 13.2 Å². The maximum Gasteiger partial charge on any atom is 0.522 e. The first kappa shape index (κ1) is 14.7. The zero-order valence-electron chi connectivity index (χ0n) is 10.2. The molecular weight excluding hydrogens is 233 g/mol. The highest BCUT2D eigenvalue weighted by Crippen LogP contribution is 2.16. The quantitative estimate of drug-likeness (QED) is 0.732. The third-order valence-corrected chi connectivity index (χ3v) is 3.13. The Labute approximate surface area is 100 Å². The Hall–Kier alpha value is -0.330. The van der Waals surface area contributed by atoms with Gasteiger partial charge in [-0.1, -0.05) is 6.92 Å². The van der Waals surface area contributed by atoms with E-state index in [-0.39, 0.29) is 13.2 Å². The van der Waals surface area contributed by atoms with Crippen LogP contribution in [-0.2, 0) is 4.74 Å². The van der Waals surface area contributed by atoms with Crippen molar-refractivity contribution in [2.45, 2.75) is 26.1 Å². The highest BCUT2D eigenvalue weighted by atomic mass is 19.4. The van der Waals surface area contributed by atoms with Crippen molar-refractivity contribution in [1.29, 1.82) is 0 Å². The maximum atomic E-state index is 11.7. The number of hydrogen-bond acceptors (Lipinski definition) is 3. The molecule has 1 rings (SSSR count). The number of halogens is 3. The summed E-state index contributed by atoms with van der Waals surface area (Å²) in [5, 5.41) is 3.02. The minimum absolute atomic E-state index is 0.257. The van der Waals surface area contributed by atoms with Gasteiger partial charge in [0.15, 0.2) is 0 Å². The smallest absolute Gasteiger partial charge is 0.314 e. The molecule has 0 spiro atoms. The highest BCUT2D eigenvalue weighted by molar-refractivity contribution is 4.72. The fraction of sp³-hybridized carbons (Fsp3) is 1.00. The molecule has 17 heavy (non-hydrogen) atoms. The molecule has 3 nitrogen and oxygen atoms in total. The van der Waals surface area contributed by atoms with Crippen molar-refractivity contribution in [2.24, 2.45) is 5.92 Å². The van der Waals surface area contributed by atoms with Crippen molar-refractivity contribution in [3.8, 4) is 0 Å². The summed E-state index contributed by atoms with van der Waals surface area (Å²) in [7, 11) is 0. The van der Waals surface area contributed by atoms with Crippen molar-refractivity contribution in [3.05, 3.63) is 0 Å². The van der Waals surface area contributed by atoms with E-state index < -0.39 is 6.36 Å². The van der Waals surface area contributed by atoms with E-state index in [1.54, 1.807) is 0 Å². The normalized spacial score (nSPS) is 19.8. The molecule has 0 aromatic rings. The number of ether oxygens (including phenoxy) is 1. The van der Waals surface area contributed by atoms with Gasteiger partial charge in [-0.2, -0.15) is 0 Å². The van der Waals surface area contributed by atoms with Gasteiger partial charge in [-0.3, -0.25) is 4.74 Å². The fourth-order valence-corrected chi connectivity index (χ4v) is 2.05. The average Bonchev–Trinajstić information content (AvgIpc) is 2.28. The minimum atomic E-state index is -4.51. The molecule has 1 aliphatic heterocycles. The molecule has 0 aromatic heterocycles. The van der Waals surface area contributed by atoms with Crippen molar-refractivity contribution >= 4 is 0 Å². The van der Waals surface area contributed by atoms with Crippen LogP contribution < -0.4 is 5.32 Å². The third-order valence-electron chi connectivity index (χ3n) is 3.13. The summed E-state index contributed by atoms with van der Waals surface area (Å²) in [5.74, 6) is 0.587. The molecule has 102 valence electrons. The Balaban J connectivity index is 1.97. The second-order valence-electron chi connectivity index (χ2n) is 4.38. The van der Waals surface area contributed by atoms with Crippen LogP contribution in [-0.4, -0.2) is 50.6 Å². The first-order chi connectivity index (χ1) is 8.01. The first-order valence-corrected chi connectivity index (χ1v) is 6.15. The van der Waals surface area contributed by atoms with E-state index in [0.717, 1.165) is 39.0 Å². The molecule has 1 aliphatic rings. The van der Waals surface area contributed by atoms with Gasteiger partial charge < -0.3 is 10.2 Å². The molecule has 0 radical (unpaired) electrons. The summed E-state index contributed by atoms with van der Waals surface area (Å²) in [6.07, 6.45) is -2.25. The standard InChI is InChI=1S/C11H21F3N2O/c1-2-16-6-3-10(4-7-16)9-15-5-8-17-11(12,13)14/h10,15H,2-9H2,1H3. The van der Waals surface area contributed by atoms with Gasteiger partial charge in [-0.05, 0) is 44.9 Å². The average molecular weight is 254 g/mol. The second kappa shape index (κ2) is 7.18. The lowest BCUT2D eigenvalue weighted by atomic mass is 9.97. The van der Waals surface area contributed by atoms with Crippen LogP contribution in [0.25, 0.3) is 0 Å². The summed E-state index contributed by atoms with van der Waals surface area (Å²) >= 11 is 0. The van der Waals surface area contributed by atoms with Gasteiger partial charge in [0.2, 0.25) is 0 Å². The molecule has 0 amide bonds. The number of hydrogen-bond donors (Lipinski definition) is 1. The lowest BCUT2D eigenvalue weighted by molar-refractivity contribution is -0.323. The van der Waals surface area contributed by atoms with Gasteiger partial charge in [-0.25, -0.2) is 0 Å². The summed E-state index contributed by atoms with van der Waals surface area (Å²) in [4.78, 5) is 2.39. The summed E-state index contributed by atoms with van der Waals surface area (Å²) in [6.45, 7) is 6.17. The fourth-order valence-electron chi connectivity index (χ4n) is 2.05. The van der Waals surface area contributed by atoms with E-state index in [1.165, 1.54) is 0 Å². The van der Waals surface area contributed by atoms with Crippen molar-refractivity contribution in [2.75, 3.05) is 39.3 Å². The van der Waals surface area contributed by atoms with Crippen LogP contribution in [0.15, 0.2) is 0 Å². The van der Waals surface area contributed by atoms with E-state index in [2.05, 4.69) is 21.9 Å². The van der Waals surface area contributed by atoms with E-state index in [4.69, 9.17) is 0 Å². The zero-order chi connectivity index (χ0) is 12.7. The largest absolute Gasteiger partial charge is 0.522 e. The van der Waals surface area contributed by atoms with Crippen LogP contribution in [0.1, 0.15) is 19.8 Å². The molecule has 6 heteroatoms. The Morgan fingerprint density at radius 2 is 1.94 bits per heavy atom. The number of rotatable bonds is 6. The Morgan fingerprint density at radius 3 is 2.47 bits per heavy atom. The number of piperidine rings is 1. The van der Waals surface area contributed by atoms with Crippen LogP contribution in [0.4, 0.5) is 13.2 Å². The van der Waals surface area contributed by atoms with Crippen LogP contribution in [0.5, 0.6) is 0 Å². The number of nitrogens with one attached hydrogen (secondary N) is 1. The van der Waals surface area contributed by atoms with E-state index in [1.807, 2.05) is 0 Å². The molecule has 0 saturated carbocycles. The predicted molar refractivity (Wildman–Crippen MR) is 59.7 cm³/mol. The number of nitrogens with zero attached hydrogens (tertiary/aromatic N) is 1. The van der Waals surface area contributed by atoms with Gasteiger partial charge in [0.05, 0.1) is 6.61 Å². The second-order valence-corrected chi connectivity index (χ2v) is 4.38. The van der Waals surface area contributed by atoms with Crippen LogP contribution >= 0.6 is 0 Å². The zero-order valence-corrected chi connectivity index (χ0v) is 10.2. The predicted octanol–water partition coefficient (Wildman–Crippen LogP) is 1.84. The molecular formula is C11H21F3N2O. The molecule has 1 saturated heterocycles. The Morgan fingerprint density at radius 1 is 1.29 bits per heavy atom. The van der Waals surface area contributed by atoms with Gasteiger partial charge in [0, 0.05) is 6.54 Å². The molecule has 0 aromatic carbocycles. The van der Waals surface area contributed by atoms with Crippen LogP contribution in [0, 0.1) is 5.92 Å². The molecule has 1 fully saturated rings.